The summed E-state index contributed by atoms with van der Waals surface area (Å²) in [5.74, 6) is 1.00. The number of carbonyl (C=O) groups is 1. The highest BCUT2D eigenvalue weighted by Gasteiger charge is 2.12. The van der Waals surface area contributed by atoms with E-state index >= 15 is 0 Å². The van der Waals surface area contributed by atoms with Crippen LogP contribution in [0.15, 0.2) is 24.5 Å². The van der Waals surface area contributed by atoms with Gasteiger partial charge in [-0.05, 0) is 50.5 Å². The van der Waals surface area contributed by atoms with Gasteiger partial charge in [0.25, 0.3) is 0 Å². The molecule has 2 aromatic rings. The van der Waals surface area contributed by atoms with Gasteiger partial charge in [-0.2, -0.15) is 0 Å². The maximum absolute atomic E-state index is 12.3. The quantitative estimate of drug-likeness (QED) is 0.775. The molecule has 94 valence electrons. The summed E-state index contributed by atoms with van der Waals surface area (Å²) >= 11 is 0. The van der Waals surface area contributed by atoms with E-state index in [0.717, 1.165) is 22.5 Å². The number of ketones is 1. The molecule has 1 aromatic heterocycles. The number of hydrogen-bond acceptors (Lipinski definition) is 2. The second-order valence-corrected chi connectivity index (χ2v) is 4.78. The van der Waals surface area contributed by atoms with Crippen LogP contribution in [0.3, 0.4) is 0 Å². The second-order valence-electron chi connectivity index (χ2n) is 4.78. The van der Waals surface area contributed by atoms with Crippen LogP contribution in [-0.4, -0.2) is 15.3 Å². The molecule has 0 radical (unpaired) electrons. The molecular weight excluding hydrogens is 224 g/mol. The van der Waals surface area contributed by atoms with Crippen molar-refractivity contribution in [2.24, 2.45) is 0 Å². The predicted molar refractivity (Wildman–Crippen MR) is 71.9 cm³/mol. The molecule has 0 aliphatic heterocycles. The zero-order chi connectivity index (χ0) is 13.3. The second kappa shape index (κ2) is 4.77. The molecule has 3 nitrogen and oxygen atoms in total. The number of benzene rings is 1. The first-order chi connectivity index (χ1) is 8.49. The van der Waals surface area contributed by atoms with Crippen LogP contribution in [0, 0.1) is 27.7 Å². The zero-order valence-corrected chi connectivity index (χ0v) is 11.3. The van der Waals surface area contributed by atoms with E-state index in [0.29, 0.717) is 6.54 Å². The van der Waals surface area contributed by atoms with E-state index in [1.165, 1.54) is 5.56 Å². The highest BCUT2D eigenvalue weighted by molar-refractivity contribution is 5.97. The summed E-state index contributed by atoms with van der Waals surface area (Å²) in [6.45, 7) is 8.35. The molecular formula is C15H18N2O. The lowest BCUT2D eigenvalue weighted by molar-refractivity contribution is 0.0970. The Labute approximate surface area is 107 Å². The Morgan fingerprint density at radius 2 is 1.78 bits per heavy atom. The van der Waals surface area contributed by atoms with Crippen molar-refractivity contribution >= 4 is 5.78 Å². The highest BCUT2D eigenvalue weighted by Crippen LogP contribution is 2.16. The van der Waals surface area contributed by atoms with E-state index in [1.807, 2.05) is 37.6 Å². The van der Waals surface area contributed by atoms with Gasteiger partial charge in [-0.3, -0.25) is 4.79 Å². The molecule has 0 atom stereocenters. The van der Waals surface area contributed by atoms with Crippen LogP contribution >= 0.6 is 0 Å². The van der Waals surface area contributed by atoms with Gasteiger partial charge in [-0.25, -0.2) is 4.98 Å². The lowest BCUT2D eigenvalue weighted by Crippen LogP contribution is -2.12. The van der Waals surface area contributed by atoms with Crippen molar-refractivity contribution in [2.45, 2.75) is 34.2 Å². The van der Waals surface area contributed by atoms with Gasteiger partial charge in [-0.1, -0.05) is 6.07 Å². The first-order valence-corrected chi connectivity index (χ1v) is 6.08. The fourth-order valence-electron chi connectivity index (χ4n) is 2.07. The Balaban J connectivity index is 2.30. The number of imidazole rings is 1. The van der Waals surface area contributed by atoms with Gasteiger partial charge in [0.15, 0.2) is 5.78 Å². The van der Waals surface area contributed by atoms with E-state index < -0.39 is 0 Å². The number of nitrogens with zero attached hydrogens (tertiary/aromatic N) is 2. The van der Waals surface area contributed by atoms with Crippen molar-refractivity contribution < 1.29 is 4.79 Å². The van der Waals surface area contributed by atoms with E-state index in [1.54, 1.807) is 6.20 Å². The topological polar surface area (TPSA) is 34.9 Å². The molecule has 0 fully saturated rings. The van der Waals surface area contributed by atoms with Crippen LogP contribution in [0.4, 0.5) is 0 Å². The summed E-state index contributed by atoms with van der Waals surface area (Å²) < 4.78 is 1.87. The summed E-state index contributed by atoms with van der Waals surface area (Å²) in [5, 5.41) is 0. The van der Waals surface area contributed by atoms with Crippen molar-refractivity contribution in [3.05, 3.63) is 52.6 Å². The fraction of sp³-hybridized carbons (Fsp3) is 0.333. The van der Waals surface area contributed by atoms with Crippen LogP contribution in [0.2, 0.25) is 0 Å². The number of rotatable bonds is 3. The largest absolute Gasteiger partial charge is 0.327 e. The Morgan fingerprint density at radius 3 is 2.39 bits per heavy atom. The average Bonchev–Trinajstić information content (AvgIpc) is 2.69. The molecule has 3 heteroatoms. The number of aryl methyl sites for hydroxylation is 4. The fourth-order valence-corrected chi connectivity index (χ4v) is 2.07. The average molecular weight is 242 g/mol. The van der Waals surface area contributed by atoms with Crippen LogP contribution in [-0.2, 0) is 6.54 Å². The van der Waals surface area contributed by atoms with Crippen LogP contribution in [0.1, 0.15) is 32.9 Å². The number of hydrogen-bond donors (Lipinski definition) is 0. The van der Waals surface area contributed by atoms with E-state index in [2.05, 4.69) is 18.0 Å². The molecule has 1 aromatic carbocycles. The first-order valence-electron chi connectivity index (χ1n) is 6.08. The van der Waals surface area contributed by atoms with Gasteiger partial charge in [0.2, 0.25) is 0 Å². The molecule has 0 unspecified atom stereocenters. The van der Waals surface area contributed by atoms with E-state index in [9.17, 15) is 4.79 Å². The molecule has 2 rings (SSSR count). The first kappa shape index (κ1) is 12.6. The summed E-state index contributed by atoms with van der Waals surface area (Å²) in [6, 6.07) is 4.06. The third-order valence-corrected chi connectivity index (χ3v) is 3.38. The molecule has 0 aliphatic rings. The SMILES string of the molecule is Cc1cc(C)c(C(=O)Cn2ccnc2C)cc1C. The van der Waals surface area contributed by atoms with Gasteiger partial charge in [0, 0.05) is 18.0 Å². The standard InChI is InChI=1S/C15H18N2O/c1-10-7-12(3)14(8-11(10)2)15(18)9-17-6-5-16-13(17)4/h5-8H,9H2,1-4H3. The third-order valence-electron chi connectivity index (χ3n) is 3.38. The highest BCUT2D eigenvalue weighted by atomic mass is 16.1. The summed E-state index contributed by atoms with van der Waals surface area (Å²) in [4.78, 5) is 16.4. The summed E-state index contributed by atoms with van der Waals surface area (Å²) in [7, 11) is 0. The lowest BCUT2D eigenvalue weighted by Gasteiger charge is -2.10. The zero-order valence-electron chi connectivity index (χ0n) is 11.3. The smallest absolute Gasteiger partial charge is 0.182 e. The Hall–Kier alpha value is -1.90. The molecule has 1 heterocycles. The van der Waals surface area contributed by atoms with Crippen molar-refractivity contribution in [1.82, 2.24) is 9.55 Å². The Bertz CT molecular complexity index is 597. The lowest BCUT2D eigenvalue weighted by atomic mass is 9.98. The Kier molecular flexibility index (Phi) is 3.32. The maximum atomic E-state index is 12.3. The molecule has 0 bridgehead atoms. The maximum Gasteiger partial charge on any atom is 0.182 e. The van der Waals surface area contributed by atoms with E-state index in [-0.39, 0.29) is 5.78 Å². The number of aromatic nitrogens is 2. The predicted octanol–water partition coefficient (Wildman–Crippen LogP) is 3.00. The van der Waals surface area contributed by atoms with Gasteiger partial charge < -0.3 is 4.57 Å². The monoisotopic (exact) mass is 242 g/mol. The molecule has 0 aliphatic carbocycles. The van der Waals surface area contributed by atoms with Crippen LogP contribution < -0.4 is 0 Å². The molecule has 0 spiro atoms. The van der Waals surface area contributed by atoms with Gasteiger partial charge in [-0.15, -0.1) is 0 Å². The molecule has 18 heavy (non-hydrogen) atoms. The molecule has 0 saturated heterocycles. The minimum atomic E-state index is 0.136. The molecule has 0 N–H and O–H groups in total. The van der Waals surface area contributed by atoms with Gasteiger partial charge in [0.1, 0.15) is 5.82 Å². The van der Waals surface area contributed by atoms with Crippen LogP contribution in [0.25, 0.3) is 0 Å². The molecule has 0 amide bonds. The summed E-state index contributed by atoms with van der Waals surface area (Å²) in [6.07, 6.45) is 3.56. The van der Waals surface area contributed by atoms with Gasteiger partial charge in [0.05, 0.1) is 6.54 Å². The van der Waals surface area contributed by atoms with Crippen molar-refractivity contribution in [3.63, 3.8) is 0 Å². The van der Waals surface area contributed by atoms with Crippen molar-refractivity contribution in [1.29, 1.82) is 0 Å². The van der Waals surface area contributed by atoms with Gasteiger partial charge >= 0.3 is 0 Å². The number of carbonyl (C=O) groups excluding carboxylic acids is 1. The van der Waals surface area contributed by atoms with Crippen molar-refractivity contribution in [2.75, 3.05) is 0 Å². The van der Waals surface area contributed by atoms with E-state index in [4.69, 9.17) is 0 Å². The Morgan fingerprint density at radius 1 is 1.11 bits per heavy atom. The van der Waals surface area contributed by atoms with Crippen LogP contribution in [0.5, 0.6) is 0 Å². The summed E-state index contributed by atoms with van der Waals surface area (Å²) in [5.41, 5.74) is 4.24. The third kappa shape index (κ3) is 2.35. The minimum Gasteiger partial charge on any atom is -0.327 e. The molecule has 0 saturated carbocycles. The number of Topliss-reactive ketones (excluding diaryl/α,β-unsaturated/α-hetero) is 1. The minimum absolute atomic E-state index is 0.136. The van der Waals surface area contributed by atoms with Crippen molar-refractivity contribution in [3.8, 4) is 0 Å². The normalized spacial score (nSPS) is 10.7.